The van der Waals surface area contributed by atoms with Gasteiger partial charge in [0.15, 0.2) is 0 Å². The topological polar surface area (TPSA) is 17.1 Å². The number of allylic oxidation sites excluding steroid dienone is 2. The minimum Gasteiger partial charge on any atom is -0.298 e. The lowest BCUT2D eigenvalue weighted by Gasteiger charge is -2.07. The fourth-order valence-electron chi connectivity index (χ4n) is 1.73. The molecule has 1 nitrogen and oxygen atoms in total. The third-order valence-corrected chi connectivity index (χ3v) is 2.51. The van der Waals surface area contributed by atoms with Crippen molar-refractivity contribution >= 4 is 6.29 Å². The second-order valence-corrected chi connectivity index (χ2v) is 3.40. The maximum absolute atomic E-state index is 10.4. The molecular formula is C12H12O. The predicted molar refractivity (Wildman–Crippen MR) is 52.9 cm³/mol. The molecule has 13 heavy (non-hydrogen) atoms. The fourth-order valence-corrected chi connectivity index (χ4v) is 1.73. The molecule has 0 radical (unpaired) electrons. The van der Waals surface area contributed by atoms with E-state index >= 15 is 0 Å². The largest absolute Gasteiger partial charge is 0.298 e. The Morgan fingerprint density at radius 3 is 2.54 bits per heavy atom. The number of hydrogen-bond acceptors (Lipinski definition) is 1. The van der Waals surface area contributed by atoms with Crippen molar-refractivity contribution in [3.63, 3.8) is 0 Å². The van der Waals surface area contributed by atoms with Crippen LogP contribution >= 0.6 is 0 Å². The SMILES string of the molecule is O=Cc1ccc([C@@H]2C=CCC2)cc1. The van der Waals surface area contributed by atoms with Crippen LogP contribution < -0.4 is 0 Å². The summed E-state index contributed by atoms with van der Waals surface area (Å²) in [5.74, 6) is 0.570. The number of aldehydes is 1. The summed E-state index contributed by atoms with van der Waals surface area (Å²) in [7, 11) is 0. The first kappa shape index (κ1) is 8.24. The fraction of sp³-hybridized carbons (Fsp3) is 0.250. The maximum Gasteiger partial charge on any atom is 0.150 e. The monoisotopic (exact) mass is 172 g/mol. The molecule has 1 aromatic rings. The van der Waals surface area contributed by atoms with E-state index in [4.69, 9.17) is 0 Å². The summed E-state index contributed by atoms with van der Waals surface area (Å²) >= 11 is 0. The Balaban J connectivity index is 2.21. The third kappa shape index (κ3) is 1.69. The molecule has 1 aliphatic carbocycles. The second kappa shape index (κ2) is 3.56. The lowest BCUT2D eigenvalue weighted by atomic mass is 9.98. The third-order valence-electron chi connectivity index (χ3n) is 2.51. The van der Waals surface area contributed by atoms with Crippen LogP contribution in [0.4, 0.5) is 0 Å². The second-order valence-electron chi connectivity index (χ2n) is 3.40. The summed E-state index contributed by atoms with van der Waals surface area (Å²) in [5, 5.41) is 0. The van der Waals surface area contributed by atoms with Gasteiger partial charge in [-0.05, 0) is 18.4 Å². The van der Waals surface area contributed by atoms with Gasteiger partial charge in [-0.25, -0.2) is 0 Å². The molecule has 0 aliphatic heterocycles. The maximum atomic E-state index is 10.4. The Labute approximate surface area is 78.1 Å². The van der Waals surface area contributed by atoms with Crippen molar-refractivity contribution in [3.05, 3.63) is 47.5 Å². The molecule has 1 heteroatoms. The molecule has 0 N–H and O–H groups in total. The van der Waals surface area contributed by atoms with Crippen LogP contribution in [0, 0.1) is 0 Å². The minimum atomic E-state index is 0.570. The lowest BCUT2D eigenvalue weighted by molar-refractivity contribution is 0.112. The van der Waals surface area contributed by atoms with Gasteiger partial charge in [0.25, 0.3) is 0 Å². The van der Waals surface area contributed by atoms with E-state index in [0.29, 0.717) is 5.92 Å². The normalized spacial score (nSPS) is 20.5. The molecule has 2 rings (SSSR count). The average Bonchev–Trinajstić information content (AvgIpc) is 2.71. The Bertz CT molecular complexity index is 321. The number of carbonyl (C=O) groups is 1. The molecule has 0 spiro atoms. The van der Waals surface area contributed by atoms with Crippen LogP contribution in [0.15, 0.2) is 36.4 Å². The standard InChI is InChI=1S/C12H12O/c13-9-10-5-7-12(8-6-10)11-3-1-2-4-11/h1,3,5-9,11H,2,4H2/t11-/m1/s1. The van der Waals surface area contributed by atoms with E-state index in [1.165, 1.54) is 18.4 Å². The first-order valence-corrected chi connectivity index (χ1v) is 4.62. The highest BCUT2D eigenvalue weighted by Gasteiger charge is 2.10. The Kier molecular flexibility index (Phi) is 2.26. The van der Waals surface area contributed by atoms with E-state index in [9.17, 15) is 4.79 Å². The van der Waals surface area contributed by atoms with Gasteiger partial charge in [-0.2, -0.15) is 0 Å². The first-order chi connectivity index (χ1) is 6.40. The van der Waals surface area contributed by atoms with Gasteiger partial charge in [0.2, 0.25) is 0 Å². The van der Waals surface area contributed by atoms with Crippen LogP contribution in [-0.4, -0.2) is 6.29 Å². The number of benzene rings is 1. The molecule has 0 unspecified atom stereocenters. The molecule has 1 aromatic carbocycles. The van der Waals surface area contributed by atoms with E-state index < -0.39 is 0 Å². The lowest BCUT2D eigenvalue weighted by Crippen LogP contribution is -1.91. The summed E-state index contributed by atoms with van der Waals surface area (Å²) in [6.45, 7) is 0. The number of hydrogen-bond donors (Lipinski definition) is 0. The van der Waals surface area contributed by atoms with Crippen molar-refractivity contribution in [1.82, 2.24) is 0 Å². The molecule has 0 heterocycles. The molecule has 1 aliphatic rings. The van der Waals surface area contributed by atoms with Crippen LogP contribution in [0.25, 0.3) is 0 Å². The quantitative estimate of drug-likeness (QED) is 0.495. The average molecular weight is 172 g/mol. The van der Waals surface area contributed by atoms with Crippen LogP contribution in [-0.2, 0) is 0 Å². The molecule has 0 bridgehead atoms. The zero-order valence-electron chi connectivity index (χ0n) is 7.44. The highest BCUT2D eigenvalue weighted by Crippen LogP contribution is 2.27. The molecule has 0 aromatic heterocycles. The Hall–Kier alpha value is -1.37. The van der Waals surface area contributed by atoms with Gasteiger partial charge in [-0.15, -0.1) is 0 Å². The summed E-state index contributed by atoms with van der Waals surface area (Å²) in [6.07, 6.45) is 7.74. The van der Waals surface area contributed by atoms with Gasteiger partial charge in [-0.1, -0.05) is 36.4 Å². The van der Waals surface area contributed by atoms with E-state index in [1.807, 2.05) is 24.3 Å². The molecule has 0 saturated heterocycles. The van der Waals surface area contributed by atoms with Gasteiger partial charge in [0, 0.05) is 11.5 Å². The zero-order chi connectivity index (χ0) is 9.10. The van der Waals surface area contributed by atoms with Crippen molar-refractivity contribution < 1.29 is 4.79 Å². The van der Waals surface area contributed by atoms with Crippen molar-refractivity contribution in [2.75, 3.05) is 0 Å². The van der Waals surface area contributed by atoms with Crippen LogP contribution in [0.2, 0.25) is 0 Å². The smallest absolute Gasteiger partial charge is 0.150 e. The van der Waals surface area contributed by atoms with E-state index in [0.717, 1.165) is 11.8 Å². The van der Waals surface area contributed by atoms with E-state index in [1.54, 1.807) is 0 Å². The van der Waals surface area contributed by atoms with Crippen LogP contribution in [0.3, 0.4) is 0 Å². The summed E-state index contributed by atoms with van der Waals surface area (Å²) in [4.78, 5) is 10.4. The Morgan fingerprint density at radius 2 is 2.00 bits per heavy atom. The van der Waals surface area contributed by atoms with Crippen molar-refractivity contribution in [2.24, 2.45) is 0 Å². The van der Waals surface area contributed by atoms with Crippen LogP contribution in [0.5, 0.6) is 0 Å². The van der Waals surface area contributed by atoms with E-state index in [-0.39, 0.29) is 0 Å². The molecule has 0 fully saturated rings. The first-order valence-electron chi connectivity index (χ1n) is 4.62. The highest BCUT2D eigenvalue weighted by atomic mass is 16.1. The van der Waals surface area contributed by atoms with Crippen molar-refractivity contribution in [2.45, 2.75) is 18.8 Å². The van der Waals surface area contributed by atoms with Gasteiger partial charge >= 0.3 is 0 Å². The van der Waals surface area contributed by atoms with Gasteiger partial charge < -0.3 is 0 Å². The van der Waals surface area contributed by atoms with Gasteiger partial charge in [-0.3, -0.25) is 4.79 Å². The molecule has 66 valence electrons. The van der Waals surface area contributed by atoms with Gasteiger partial charge in [0.1, 0.15) is 6.29 Å². The van der Waals surface area contributed by atoms with Gasteiger partial charge in [0.05, 0.1) is 0 Å². The number of carbonyl (C=O) groups excluding carboxylic acids is 1. The zero-order valence-corrected chi connectivity index (χ0v) is 7.44. The predicted octanol–water partition coefficient (Wildman–Crippen LogP) is 2.93. The summed E-state index contributed by atoms with van der Waals surface area (Å²) in [5.41, 5.74) is 2.07. The summed E-state index contributed by atoms with van der Waals surface area (Å²) < 4.78 is 0. The van der Waals surface area contributed by atoms with Crippen molar-refractivity contribution in [1.29, 1.82) is 0 Å². The minimum absolute atomic E-state index is 0.570. The molecule has 0 amide bonds. The van der Waals surface area contributed by atoms with Crippen LogP contribution in [0.1, 0.15) is 34.7 Å². The Morgan fingerprint density at radius 1 is 1.23 bits per heavy atom. The van der Waals surface area contributed by atoms with E-state index in [2.05, 4.69) is 12.2 Å². The molecular weight excluding hydrogens is 160 g/mol. The number of rotatable bonds is 2. The molecule has 1 atom stereocenters. The summed E-state index contributed by atoms with van der Waals surface area (Å²) in [6, 6.07) is 7.86. The van der Waals surface area contributed by atoms with Crippen molar-refractivity contribution in [3.8, 4) is 0 Å². The highest BCUT2D eigenvalue weighted by molar-refractivity contribution is 5.74. The molecule has 0 saturated carbocycles.